The molecule has 0 saturated carbocycles. The summed E-state index contributed by atoms with van der Waals surface area (Å²) < 4.78 is 1.35. The lowest BCUT2D eigenvalue weighted by Gasteiger charge is -2.32. The van der Waals surface area contributed by atoms with E-state index in [0.29, 0.717) is 28.0 Å². The summed E-state index contributed by atoms with van der Waals surface area (Å²) in [6.45, 7) is 6.55. The van der Waals surface area contributed by atoms with Gasteiger partial charge in [-0.3, -0.25) is 35.1 Å². The fourth-order valence-electron chi connectivity index (χ4n) is 4.48. The third-order valence-electron chi connectivity index (χ3n) is 6.43. The lowest BCUT2D eigenvalue weighted by atomic mass is 10.1. The van der Waals surface area contributed by atoms with Crippen LogP contribution in [0.15, 0.2) is 63.9 Å². The Labute approximate surface area is 230 Å². The molecular weight excluding hydrogens is 574 g/mol. The van der Waals surface area contributed by atoms with E-state index in [1.807, 2.05) is 32.9 Å². The molecule has 39 heavy (non-hydrogen) atoms. The largest absolute Gasteiger partial charge is 0.791 e. The molecule has 0 fully saturated rings. The van der Waals surface area contributed by atoms with E-state index in [1.165, 1.54) is 10.7 Å². The first kappa shape index (κ1) is 27.4. The zero-order chi connectivity index (χ0) is 28.4. The predicted octanol–water partition coefficient (Wildman–Crippen LogP) is 5.39. The zero-order valence-corrected chi connectivity index (χ0v) is 22.8. The quantitative estimate of drug-likeness (QED) is 0.180. The smallest absolute Gasteiger partial charge is 0.302 e. The van der Waals surface area contributed by atoms with Gasteiger partial charge in [0.15, 0.2) is 0 Å². The number of likely N-dealkylation sites (N-methyl/N-ethyl adjacent to an activating group) is 1. The van der Waals surface area contributed by atoms with Crippen LogP contribution in [-0.2, 0) is 6.54 Å². The number of hydrogen-bond donors (Lipinski definition) is 2. The van der Waals surface area contributed by atoms with Crippen LogP contribution in [0.3, 0.4) is 0 Å². The number of nitro benzene ring substituents is 2. The number of para-hydroxylation sites is 1. The molecule has 4 rings (SSSR count). The molecule has 13 nitrogen and oxygen atoms in total. The predicted molar refractivity (Wildman–Crippen MR) is 153 cm³/mol. The van der Waals surface area contributed by atoms with Gasteiger partial charge in [0.1, 0.15) is 5.69 Å². The van der Waals surface area contributed by atoms with Gasteiger partial charge in [-0.1, -0.05) is 12.1 Å². The molecule has 4 aromatic rings. The van der Waals surface area contributed by atoms with Crippen molar-refractivity contribution in [1.82, 2.24) is 9.53 Å². The fourth-order valence-corrected chi connectivity index (χ4v) is 5.01. The fraction of sp³-hybridized carbons (Fsp3) is 0.240. The van der Waals surface area contributed by atoms with Gasteiger partial charge in [-0.25, -0.2) is 0 Å². The molecule has 3 aromatic carbocycles. The number of non-ortho nitro benzene ring substituents is 1. The molecule has 1 heterocycles. The maximum absolute atomic E-state index is 12.8. The van der Waals surface area contributed by atoms with Crippen LogP contribution in [-0.4, -0.2) is 32.0 Å². The number of aryl methyl sites for hydroxylation is 1. The van der Waals surface area contributed by atoms with Crippen LogP contribution in [0.1, 0.15) is 19.4 Å². The summed E-state index contributed by atoms with van der Waals surface area (Å²) in [5.41, 5.74) is 7.16. The molecular formula is C25H25BrN7O6-. The number of anilines is 3. The summed E-state index contributed by atoms with van der Waals surface area (Å²) in [4.78, 5) is 36.7. The van der Waals surface area contributed by atoms with Gasteiger partial charge in [-0.05, 0) is 72.6 Å². The number of aromatic nitrogens is 2. The highest BCUT2D eigenvalue weighted by Gasteiger charge is 2.24. The van der Waals surface area contributed by atoms with E-state index in [0.717, 1.165) is 17.3 Å². The molecule has 0 aliphatic carbocycles. The van der Waals surface area contributed by atoms with Crippen LogP contribution in [0.2, 0.25) is 0 Å². The third kappa shape index (κ3) is 5.36. The highest BCUT2D eigenvalue weighted by Crippen LogP contribution is 2.37. The first-order valence-electron chi connectivity index (χ1n) is 11.9. The highest BCUT2D eigenvalue weighted by atomic mass is 79.9. The Morgan fingerprint density at radius 2 is 1.77 bits per heavy atom. The van der Waals surface area contributed by atoms with Crippen LogP contribution in [0.5, 0.6) is 0 Å². The molecule has 0 radical (unpaired) electrons. The Bertz CT molecular complexity index is 1630. The van der Waals surface area contributed by atoms with Gasteiger partial charge in [-0.15, -0.1) is 0 Å². The average Bonchev–Trinajstić information content (AvgIpc) is 3.13. The monoisotopic (exact) mass is 598 g/mol. The Kier molecular flexibility index (Phi) is 7.76. The number of rotatable bonds is 10. The number of nitrogens with zero attached hydrogens (tertiary/aromatic N) is 5. The topological polar surface area (TPSA) is 164 Å². The number of hydrogen-bond acceptors (Lipinski definition) is 9. The normalized spacial score (nSPS) is 11.8. The lowest BCUT2D eigenvalue weighted by molar-refractivity contribution is -0.393. The Balaban J connectivity index is 1.54. The van der Waals surface area contributed by atoms with Gasteiger partial charge >= 0.3 is 5.69 Å². The molecule has 0 amide bonds. The van der Waals surface area contributed by atoms with Gasteiger partial charge in [0.05, 0.1) is 43.5 Å². The van der Waals surface area contributed by atoms with Gasteiger partial charge < -0.3 is 20.4 Å². The molecule has 0 saturated heterocycles. The van der Waals surface area contributed by atoms with E-state index >= 15 is 0 Å². The molecule has 2 N–H and O–H groups in total. The summed E-state index contributed by atoms with van der Waals surface area (Å²) in [5.74, 6) is 0. The van der Waals surface area contributed by atoms with E-state index in [1.54, 1.807) is 30.3 Å². The molecule has 1 unspecified atom stereocenters. The van der Waals surface area contributed by atoms with Crippen molar-refractivity contribution < 1.29 is 9.85 Å². The van der Waals surface area contributed by atoms with E-state index in [-0.39, 0.29) is 28.3 Å². The minimum absolute atomic E-state index is 0.0383. The van der Waals surface area contributed by atoms with Crippen molar-refractivity contribution in [2.24, 2.45) is 0 Å². The van der Waals surface area contributed by atoms with Gasteiger partial charge in [0.2, 0.25) is 0 Å². The second kappa shape index (κ2) is 11.0. The number of fused-ring (bicyclic) bond motifs is 1. The minimum atomic E-state index is -0.703. The Morgan fingerprint density at radius 3 is 2.38 bits per heavy atom. The molecule has 1 aromatic heterocycles. The first-order valence-corrected chi connectivity index (χ1v) is 12.7. The van der Waals surface area contributed by atoms with Crippen LogP contribution in [0.25, 0.3) is 10.9 Å². The van der Waals surface area contributed by atoms with Crippen molar-refractivity contribution in [2.75, 3.05) is 22.3 Å². The Morgan fingerprint density at radius 1 is 1.05 bits per heavy atom. The maximum Gasteiger partial charge on any atom is 0.302 e. The van der Waals surface area contributed by atoms with Crippen molar-refractivity contribution in [3.05, 3.63) is 100 Å². The molecule has 204 valence electrons. The van der Waals surface area contributed by atoms with Crippen molar-refractivity contribution in [3.63, 3.8) is 0 Å². The van der Waals surface area contributed by atoms with Gasteiger partial charge in [0, 0.05) is 24.3 Å². The van der Waals surface area contributed by atoms with Crippen molar-refractivity contribution in [3.8, 4) is 0 Å². The van der Waals surface area contributed by atoms with Crippen LogP contribution < -0.4 is 21.3 Å². The molecule has 14 heteroatoms. The second-order valence-electron chi connectivity index (χ2n) is 8.90. The first-order chi connectivity index (χ1) is 18.5. The second-order valence-corrected chi connectivity index (χ2v) is 9.75. The van der Waals surface area contributed by atoms with Gasteiger partial charge in [-0.2, -0.15) is 0 Å². The average molecular weight is 599 g/mol. The maximum atomic E-state index is 12.8. The van der Waals surface area contributed by atoms with Crippen LogP contribution in [0, 0.1) is 32.4 Å². The number of halogens is 1. The SMILES string of the molecule is CCN(c1ccc(NNc2c(Br)cc([N+](=O)[O-])cc2[N+](=O)[O-])c(C)c1)C(C)Cn1c(=O)c2ccccc2n1[O-]. The van der Waals surface area contributed by atoms with Crippen molar-refractivity contribution in [1.29, 1.82) is 0 Å². The number of nitro groups is 2. The summed E-state index contributed by atoms with van der Waals surface area (Å²) in [6.07, 6.45) is 0. The minimum Gasteiger partial charge on any atom is -0.791 e. The lowest BCUT2D eigenvalue weighted by Crippen LogP contribution is -2.39. The van der Waals surface area contributed by atoms with E-state index in [9.17, 15) is 30.2 Å². The summed E-state index contributed by atoms with van der Waals surface area (Å²) in [7, 11) is 0. The van der Waals surface area contributed by atoms with Gasteiger partial charge in [0.25, 0.3) is 11.2 Å². The summed E-state index contributed by atoms with van der Waals surface area (Å²) >= 11 is 3.16. The highest BCUT2D eigenvalue weighted by molar-refractivity contribution is 9.10. The number of hydrazine groups is 1. The van der Waals surface area contributed by atoms with E-state index in [4.69, 9.17) is 0 Å². The molecule has 0 spiro atoms. The third-order valence-corrected chi connectivity index (χ3v) is 7.06. The standard InChI is InChI=1S/C25H25BrN7O6/c1-4-29(16(3)14-30-25(34)19-7-5-6-8-22(19)31(30)35)17-9-10-21(15(2)11-17)27-28-24-20(26)12-18(32(36)37)13-23(24)33(38)39/h5-13,16,27-28H,4,14H2,1-3H3/q-1. The molecule has 0 bridgehead atoms. The molecule has 1 atom stereocenters. The summed E-state index contributed by atoms with van der Waals surface area (Å²) in [6, 6.07) is 14.1. The van der Waals surface area contributed by atoms with Crippen molar-refractivity contribution >= 4 is 55.3 Å². The zero-order valence-electron chi connectivity index (χ0n) is 21.3. The van der Waals surface area contributed by atoms with E-state index in [2.05, 4.69) is 31.7 Å². The molecule has 0 aliphatic heterocycles. The Hall–Kier alpha value is -4.59. The van der Waals surface area contributed by atoms with Crippen LogP contribution >= 0.6 is 15.9 Å². The number of nitrogens with one attached hydrogen (secondary N) is 2. The van der Waals surface area contributed by atoms with Crippen LogP contribution in [0.4, 0.5) is 28.4 Å². The molecule has 0 aliphatic rings. The summed E-state index contributed by atoms with van der Waals surface area (Å²) in [5, 5.41) is 35.7. The van der Waals surface area contributed by atoms with Crippen molar-refractivity contribution in [2.45, 2.75) is 33.4 Å². The number of benzene rings is 3. The van der Waals surface area contributed by atoms with E-state index < -0.39 is 21.2 Å².